The molecule has 0 spiro atoms. The molecule has 4 aromatic carbocycles. The fraction of sp³-hybridized carbons (Fsp3) is 0.267. The molecule has 0 atom stereocenters. The van der Waals surface area contributed by atoms with Gasteiger partial charge in [0.25, 0.3) is 0 Å². The standard InChI is InChI=1S/2C15H17NO4.2O.2V/c2*17-8-15(9-18,10-19)16-7-13-12-4-2-1-3-11(12)5-6-14(13)20;;;;/h2*1-7,17-20H,8-10H2;;;;. The van der Waals surface area contributed by atoms with E-state index in [-0.39, 0.29) is 11.5 Å². The predicted molar refractivity (Wildman–Crippen MR) is 156 cm³/mol. The van der Waals surface area contributed by atoms with Crippen molar-refractivity contribution in [2.45, 2.75) is 11.1 Å². The number of aliphatic hydroxyl groups is 6. The van der Waals surface area contributed by atoms with Crippen LogP contribution < -0.4 is 0 Å². The van der Waals surface area contributed by atoms with Crippen molar-refractivity contribution >= 4 is 34.0 Å². The van der Waals surface area contributed by atoms with Gasteiger partial charge in [0.2, 0.25) is 0 Å². The molecule has 4 rings (SSSR count). The molecule has 0 heterocycles. The van der Waals surface area contributed by atoms with Gasteiger partial charge in [0.15, 0.2) is 0 Å². The van der Waals surface area contributed by atoms with Gasteiger partial charge in [0, 0.05) is 23.6 Å². The normalized spacial score (nSPS) is 11.4. The van der Waals surface area contributed by atoms with Gasteiger partial charge in [-0.25, -0.2) is 0 Å². The number of fused-ring (bicyclic) bond motifs is 2. The van der Waals surface area contributed by atoms with Crippen LogP contribution in [0.1, 0.15) is 11.1 Å². The minimum atomic E-state index is -1.34. The molecule has 234 valence electrons. The Kier molecular flexibility index (Phi) is 17.7. The molecule has 0 unspecified atom stereocenters. The van der Waals surface area contributed by atoms with Crippen molar-refractivity contribution in [1.29, 1.82) is 0 Å². The van der Waals surface area contributed by atoms with Gasteiger partial charge in [-0.15, -0.1) is 0 Å². The monoisotopic (exact) mass is 684 g/mol. The summed E-state index contributed by atoms with van der Waals surface area (Å²) in [5, 5.41) is 78.8. The third-order valence-electron chi connectivity index (χ3n) is 6.60. The van der Waals surface area contributed by atoms with E-state index in [2.05, 4.69) is 9.98 Å². The SMILES string of the molecule is OCC(CO)(CO)N=Cc1c(O)ccc2ccccc12.OCC(CO)(CO)N=Cc1c(O)ccc2ccccc12.[O]=[V].[O]=[V]. The minimum absolute atomic E-state index is 0.0511. The Morgan fingerprint density at radius 2 is 0.795 bits per heavy atom. The summed E-state index contributed by atoms with van der Waals surface area (Å²) in [6.45, 7) is -2.90. The summed E-state index contributed by atoms with van der Waals surface area (Å²) in [5.74, 6) is 0.102. The van der Waals surface area contributed by atoms with Gasteiger partial charge in [-0.1, -0.05) is 60.7 Å². The van der Waals surface area contributed by atoms with Crippen LogP contribution in [0.25, 0.3) is 21.5 Å². The van der Waals surface area contributed by atoms with Crippen molar-refractivity contribution in [1.82, 2.24) is 0 Å². The van der Waals surface area contributed by atoms with Crippen LogP contribution in [-0.2, 0) is 42.1 Å². The predicted octanol–water partition coefficient (Wildman–Crippen LogP) is 1.12. The average molecular weight is 684 g/mol. The Labute approximate surface area is 272 Å². The third kappa shape index (κ3) is 9.94. The number of phenols is 2. The van der Waals surface area contributed by atoms with Crippen LogP contribution in [0.5, 0.6) is 11.5 Å². The van der Waals surface area contributed by atoms with E-state index >= 15 is 0 Å². The second-order valence-electron chi connectivity index (χ2n) is 9.35. The van der Waals surface area contributed by atoms with Gasteiger partial charge >= 0.3 is 42.1 Å². The molecule has 12 nitrogen and oxygen atoms in total. The zero-order valence-corrected chi connectivity index (χ0v) is 26.3. The molecule has 0 radical (unpaired) electrons. The average Bonchev–Trinajstić information content (AvgIpc) is 3.10. The number of phenolic OH excluding ortho intramolecular Hbond substituents is 2. The van der Waals surface area contributed by atoms with E-state index in [0.717, 1.165) is 56.3 Å². The molecule has 0 fully saturated rings. The van der Waals surface area contributed by atoms with Gasteiger partial charge in [0.1, 0.15) is 22.6 Å². The first kappa shape index (κ1) is 38.9. The molecular weight excluding hydrogens is 650 g/mol. The van der Waals surface area contributed by atoms with Gasteiger partial charge < -0.3 is 40.9 Å². The number of aliphatic hydroxyl groups excluding tert-OH is 6. The van der Waals surface area contributed by atoms with E-state index in [4.69, 9.17) is 7.35 Å². The summed E-state index contributed by atoms with van der Waals surface area (Å²) in [6, 6.07) is 21.7. The van der Waals surface area contributed by atoms with Gasteiger partial charge in [-0.05, 0) is 33.7 Å². The van der Waals surface area contributed by atoms with Crippen LogP contribution in [0.2, 0.25) is 0 Å². The molecule has 0 saturated carbocycles. The quantitative estimate of drug-likeness (QED) is 0.111. The second kappa shape index (κ2) is 20.0. The number of hydrogen-bond donors (Lipinski definition) is 8. The first-order valence-corrected chi connectivity index (χ1v) is 14.0. The van der Waals surface area contributed by atoms with E-state index in [1.807, 2.05) is 48.5 Å². The maximum atomic E-state index is 9.94. The number of hydrogen-bond acceptors (Lipinski definition) is 12. The van der Waals surface area contributed by atoms with Crippen molar-refractivity contribution in [3.05, 3.63) is 83.9 Å². The summed E-state index contributed by atoms with van der Waals surface area (Å²) in [7, 11) is 0. The van der Waals surface area contributed by atoms with E-state index in [1.54, 1.807) is 24.3 Å². The number of nitrogens with zero attached hydrogens (tertiary/aromatic N) is 2. The van der Waals surface area contributed by atoms with Crippen LogP contribution >= 0.6 is 0 Å². The Morgan fingerprint density at radius 1 is 0.500 bits per heavy atom. The number of aliphatic imine (C=N–C) groups is 2. The molecule has 4 aromatic rings. The van der Waals surface area contributed by atoms with Gasteiger partial charge in [0.05, 0.1) is 39.6 Å². The zero-order valence-electron chi connectivity index (χ0n) is 23.5. The molecule has 0 saturated heterocycles. The van der Waals surface area contributed by atoms with Crippen molar-refractivity contribution in [3.63, 3.8) is 0 Å². The molecule has 0 aromatic heterocycles. The Bertz CT molecular complexity index is 1380. The summed E-state index contributed by atoms with van der Waals surface area (Å²) < 4.78 is 16.4. The molecule has 0 bridgehead atoms. The second-order valence-corrected chi connectivity index (χ2v) is 9.35. The number of rotatable bonds is 10. The Hall–Kier alpha value is -3.13. The van der Waals surface area contributed by atoms with Crippen LogP contribution in [-0.4, -0.2) is 104 Å². The summed E-state index contributed by atoms with van der Waals surface area (Å²) in [6.07, 6.45) is 2.75. The number of aromatic hydroxyl groups is 2. The van der Waals surface area contributed by atoms with Crippen molar-refractivity contribution in [2.75, 3.05) is 39.6 Å². The molecule has 8 N–H and O–H groups in total. The Balaban J connectivity index is 0.000000395. The van der Waals surface area contributed by atoms with Crippen LogP contribution in [0.3, 0.4) is 0 Å². The van der Waals surface area contributed by atoms with Gasteiger partial charge in [-0.2, -0.15) is 0 Å². The molecule has 0 aliphatic carbocycles. The maximum absolute atomic E-state index is 9.94. The zero-order chi connectivity index (χ0) is 33.2. The fourth-order valence-electron chi connectivity index (χ4n) is 3.79. The molecule has 14 heteroatoms. The van der Waals surface area contributed by atoms with Gasteiger partial charge in [-0.3, -0.25) is 9.98 Å². The molecule has 0 amide bonds. The van der Waals surface area contributed by atoms with Crippen LogP contribution in [0.15, 0.2) is 82.8 Å². The fourth-order valence-corrected chi connectivity index (χ4v) is 3.79. The van der Waals surface area contributed by atoms with E-state index in [9.17, 15) is 40.9 Å². The summed E-state index contributed by atoms with van der Waals surface area (Å²) in [4.78, 5) is 8.11. The van der Waals surface area contributed by atoms with Crippen molar-refractivity contribution < 1.29 is 82.9 Å². The molecular formula is C30H34N2O10V2. The first-order chi connectivity index (χ1) is 21.3. The summed E-state index contributed by atoms with van der Waals surface area (Å²) in [5.41, 5.74) is -1.71. The first-order valence-electron chi connectivity index (χ1n) is 12.8. The Morgan fingerprint density at radius 3 is 1.09 bits per heavy atom. The third-order valence-corrected chi connectivity index (χ3v) is 6.60. The topological polar surface area (TPSA) is 221 Å². The molecule has 44 heavy (non-hydrogen) atoms. The van der Waals surface area contributed by atoms with E-state index in [0.29, 0.717) is 11.1 Å². The van der Waals surface area contributed by atoms with Crippen LogP contribution in [0, 0.1) is 0 Å². The van der Waals surface area contributed by atoms with Crippen molar-refractivity contribution in [3.8, 4) is 11.5 Å². The van der Waals surface area contributed by atoms with Crippen LogP contribution in [0.4, 0.5) is 0 Å². The van der Waals surface area contributed by atoms with E-state index < -0.39 is 50.7 Å². The molecule has 0 aliphatic heterocycles. The molecule has 0 aliphatic rings. The van der Waals surface area contributed by atoms with E-state index in [1.165, 1.54) is 12.4 Å². The van der Waals surface area contributed by atoms with Crippen molar-refractivity contribution in [2.24, 2.45) is 9.98 Å². The number of benzene rings is 4. The summed E-state index contributed by atoms with van der Waals surface area (Å²) >= 11 is 2.12.